The molecule has 0 radical (unpaired) electrons. The summed E-state index contributed by atoms with van der Waals surface area (Å²) in [4.78, 5) is 13.6. The van der Waals surface area contributed by atoms with Gasteiger partial charge in [0.1, 0.15) is 0 Å². The molecule has 3 nitrogen and oxygen atoms in total. The fourth-order valence-corrected chi connectivity index (χ4v) is 4.20. The lowest BCUT2D eigenvalue weighted by Crippen LogP contribution is -2.49. The number of carboxylic acid groups (broad SMARTS) is 1. The van der Waals surface area contributed by atoms with E-state index in [0.29, 0.717) is 17.9 Å². The van der Waals surface area contributed by atoms with Gasteiger partial charge in [-0.05, 0) is 56.4 Å². The van der Waals surface area contributed by atoms with Crippen molar-refractivity contribution in [3.8, 4) is 0 Å². The molecular formula is C17H31NO2. The van der Waals surface area contributed by atoms with Crippen molar-refractivity contribution in [2.75, 3.05) is 6.54 Å². The molecule has 0 bridgehead atoms. The SMILES string of the molecule is CC(C)(C)C1CCC(N2CCCCC2CC(=O)O)CC1. The van der Waals surface area contributed by atoms with Gasteiger partial charge in [0.15, 0.2) is 0 Å². The van der Waals surface area contributed by atoms with Crippen LogP contribution in [0.5, 0.6) is 0 Å². The Morgan fingerprint density at radius 2 is 1.75 bits per heavy atom. The third kappa shape index (κ3) is 3.97. The summed E-state index contributed by atoms with van der Waals surface area (Å²) in [5.41, 5.74) is 0.424. The fourth-order valence-electron chi connectivity index (χ4n) is 4.20. The average molecular weight is 281 g/mol. The number of carbonyl (C=O) groups is 1. The minimum atomic E-state index is -0.634. The molecule has 0 aromatic carbocycles. The van der Waals surface area contributed by atoms with Crippen LogP contribution in [0.2, 0.25) is 0 Å². The highest BCUT2D eigenvalue weighted by atomic mass is 16.4. The van der Waals surface area contributed by atoms with Gasteiger partial charge in [0.25, 0.3) is 0 Å². The summed E-state index contributed by atoms with van der Waals surface area (Å²) in [6.07, 6.45) is 9.00. The van der Waals surface area contributed by atoms with Crippen LogP contribution in [0.15, 0.2) is 0 Å². The van der Waals surface area contributed by atoms with Crippen LogP contribution in [-0.4, -0.2) is 34.6 Å². The van der Waals surface area contributed by atoms with Gasteiger partial charge in [-0.1, -0.05) is 27.2 Å². The second-order valence-corrected chi connectivity index (χ2v) is 7.86. The number of likely N-dealkylation sites (tertiary alicyclic amines) is 1. The predicted octanol–water partition coefficient (Wildman–Crippen LogP) is 3.92. The maximum Gasteiger partial charge on any atom is 0.304 e. The van der Waals surface area contributed by atoms with Gasteiger partial charge in [-0.2, -0.15) is 0 Å². The second kappa shape index (κ2) is 6.46. The van der Waals surface area contributed by atoms with Crippen LogP contribution in [-0.2, 0) is 4.79 Å². The molecule has 2 fully saturated rings. The van der Waals surface area contributed by atoms with Gasteiger partial charge in [0.05, 0.1) is 6.42 Å². The molecule has 20 heavy (non-hydrogen) atoms. The molecule has 0 spiro atoms. The third-order valence-electron chi connectivity index (χ3n) is 5.47. The van der Waals surface area contributed by atoms with Gasteiger partial charge in [0.2, 0.25) is 0 Å². The number of aliphatic carboxylic acids is 1. The minimum absolute atomic E-state index is 0.289. The zero-order chi connectivity index (χ0) is 14.8. The predicted molar refractivity (Wildman–Crippen MR) is 81.8 cm³/mol. The van der Waals surface area contributed by atoms with Gasteiger partial charge in [0, 0.05) is 12.1 Å². The smallest absolute Gasteiger partial charge is 0.304 e. The molecule has 1 saturated carbocycles. The molecule has 1 unspecified atom stereocenters. The quantitative estimate of drug-likeness (QED) is 0.852. The zero-order valence-corrected chi connectivity index (χ0v) is 13.4. The summed E-state index contributed by atoms with van der Waals surface area (Å²) >= 11 is 0. The van der Waals surface area contributed by atoms with E-state index in [9.17, 15) is 4.79 Å². The first-order valence-corrected chi connectivity index (χ1v) is 8.35. The minimum Gasteiger partial charge on any atom is -0.481 e. The van der Waals surface area contributed by atoms with Crippen molar-refractivity contribution in [3.05, 3.63) is 0 Å². The molecule has 1 aliphatic heterocycles. The monoisotopic (exact) mass is 281 g/mol. The van der Waals surface area contributed by atoms with E-state index in [-0.39, 0.29) is 6.04 Å². The Morgan fingerprint density at radius 1 is 1.10 bits per heavy atom. The molecule has 1 heterocycles. The lowest BCUT2D eigenvalue weighted by Gasteiger charge is -2.45. The summed E-state index contributed by atoms with van der Waals surface area (Å²) in [6, 6.07) is 0.927. The summed E-state index contributed by atoms with van der Waals surface area (Å²) in [5.74, 6) is 0.201. The number of piperidine rings is 1. The highest BCUT2D eigenvalue weighted by Gasteiger charge is 2.35. The second-order valence-electron chi connectivity index (χ2n) is 7.86. The maximum atomic E-state index is 11.1. The molecule has 1 aliphatic carbocycles. The van der Waals surface area contributed by atoms with Crippen LogP contribution < -0.4 is 0 Å². The van der Waals surface area contributed by atoms with Gasteiger partial charge >= 0.3 is 5.97 Å². The molecule has 1 saturated heterocycles. The number of hydrogen-bond acceptors (Lipinski definition) is 2. The van der Waals surface area contributed by atoms with Gasteiger partial charge in [-0.15, -0.1) is 0 Å². The Morgan fingerprint density at radius 3 is 2.30 bits per heavy atom. The Hall–Kier alpha value is -0.570. The van der Waals surface area contributed by atoms with E-state index in [1.165, 1.54) is 38.5 Å². The van der Waals surface area contributed by atoms with Crippen molar-refractivity contribution in [2.24, 2.45) is 11.3 Å². The number of carboxylic acids is 1. The largest absolute Gasteiger partial charge is 0.481 e. The van der Waals surface area contributed by atoms with Crippen molar-refractivity contribution in [3.63, 3.8) is 0 Å². The van der Waals surface area contributed by atoms with Crippen LogP contribution in [0.1, 0.15) is 72.1 Å². The standard InChI is InChI=1S/C17H31NO2/c1-17(2,3)13-7-9-14(10-8-13)18-11-5-4-6-15(18)12-16(19)20/h13-15H,4-12H2,1-3H3,(H,19,20). The number of nitrogens with zero attached hydrogens (tertiary/aromatic N) is 1. The van der Waals surface area contributed by atoms with E-state index in [0.717, 1.165) is 18.9 Å². The van der Waals surface area contributed by atoms with E-state index in [1.54, 1.807) is 0 Å². The van der Waals surface area contributed by atoms with Crippen LogP contribution in [0.3, 0.4) is 0 Å². The van der Waals surface area contributed by atoms with E-state index in [4.69, 9.17) is 5.11 Å². The molecule has 1 N–H and O–H groups in total. The molecule has 3 heteroatoms. The third-order valence-corrected chi connectivity index (χ3v) is 5.47. The molecular weight excluding hydrogens is 250 g/mol. The Balaban J connectivity index is 1.92. The summed E-state index contributed by atoms with van der Waals surface area (Å²) in [5, 5.41) is 9.10. The van der Waals surface area contributed by atoms with Gasteiger partial charge < -0.3 is 5.11 Å². The molecule has 2 rings (SSSR count). The first-order valence-electron chi connectivity index (χ1n) is 8.35. The zero-order valence-electron chi connectivity index (χ0n) is 13.4. The molecule has 2 aliphatic rings. The molecule has 0 aromatic rings. The summed E-state index contributed by atoms with van der Waals surface area (Å²) < 4.78 is 0. The Labute approximate surface area is 123 Å². The molecule has 0 aromatic heterocycles. The van der Waals surface area contributed by atoms with E-state index in [2.05, 4.69) is 25.7 Å². The molecule has 116 valence electrons. The lowest BCUT2D eigenvalue weighted by molar-refractivity contribution is -0.139. The van der Waals surface area contributed by atoms with Gasteiger partial charge in [-0.3, -0.25) is 9.69 Å². The van der Waals surface area contributed by atoms with E-state index < -0.39 is 5.97 Å². The summed E-state index contributed by atoms with van der Waals surface area (Å²) in [6.45, 7) is 8.17. The van der Waals surface area contributed by atoms with Crippen molar-refractivity contribution < 1.29 is 9.90 Å². The van der Waals surface area contributed by atoms with Crippen LogP contribution in [0.4, 0.5) is 0 Å². The van der Waals surface area contributed by atoms with Crippen LogP contribution >= 0.6 is 0 Å². The highest BCUT2D eigenvalue weighted by Crippen LogP contribution is 2.40. The number of hydrogen-bond donors (Lipinski definition) is 1. The van der Waals surface area contributed by atoms with Crippen molar-refractivity contribution >= 4 is 5.97 Å². The maximum absolute atomic E-state index is 11.1. The first kappa shape index (κ1) is 15.8. The van der Waals surface area contributed by atoms with E-state index >= 15 is 0 Å². The van der Waals surface area contributed by atoms with E-state index in [1.807, 2.05) is 0 Å². The van der Waals surface area contributed by atoms with Crippen molar-refractivity contribution in [1.82, 2.24) is 4.90 Å². The molecule has 0 amide bonds. The Bertz CT molecular complexity index is 326. The highest BCUT2D eigenvalue weighted by molar-refractivity contribution is 5.67. The lowest BCUT2D eigenvalue weighted by atomic mass is 9.71. The van der Waals surface area contributed by atoms with Crippen molar-refractivity contribution in [2.45, 2.75) is 84.2 Å². The number of rotatable bonds is 3. The van der Waals surface area contributed by atoms with Crippen LogP contribution in [0.25, 0.3) is 0 Å². The Kier molecular flexibility index (Phi) is 5.11. The topological polar surface area (TPSA) is 40.5 Å². The van der Waals surface area contributed by atoms with Crippen LogP contribution in [0, 0.1) is 11.3 Å². The fraction of sp³-hybridized carbons (Fsp3) is 0.941. The summed E-state index contributed by atoms with van der Waals surface area (Å²) in [7, 11) is 0. The molecule has 1 atom stereocenters. The normalized spacial score (nSPS) is 33.0. The average Bonchev–Trinajstić information content (AvgIpc) is 2.38. The van der Waals surface area contributed by atoms with Crippen molar-refractivity contribution in [1.29, 1.82) is 0 Å². The van der Waals surface area contributed by atoms with Gasteiger partial charge in [-0.25, -0.2) is 0 Å². The first-order chi connectivity index (χ1) is 9.38.